The molecule has 2 aromatic carbocycles. The SMILES string of the molecule is Cc1cc2c(cc1-c1cc3c(cc1C(F)(F)F)C(=O)OC3=O)C(=O)CC2=O. The largest absolute Gasteiger partial charge is 0.417 e. The summed E-state index contributed by atoms with van der Waals surface area (Å²) in [4.78, 5) is 47.2. The van der Waals surface area contributed by atoms with Crippen molar-refractivity contribution in [2.45, 2.75) is 19.5 Å². The number of rotatable bonds is 1. The fourth-order valence-electron chi connectivity index (χ4n) is 3.38. The first kappa shape index (κ1) is 17.1. The minimum atomic E-state index is -4.82. The summed E-state index contributed by atoms with van der Waals surface area (Å²) in [6, 6.07) is 4.13. The number of hydrogen-bond donors (Lipinski definition) is 0. The molecule has 5 nitrogen and oxygen atoms in total. The van der Waals surface area contributed by atoms with Crippen molar-refractivity contribution in [1.29, 1.82) is 0 Å². The van der Waals surface area contributed by atoms with Crippen molar-refractivity contribution in [2.75, 3.05) is 0 Å². The Morgan fingerprint density at radius 3 is 1.85 bits per heavy atom. The normalized spacial score (nSPS) is 15.9. The molecule has 0 fully saturated rings. The molecule has 0 saturated heterocycles. The van der Waals surface area contributed by atoms with E-state index in [0.29, 0.717) is 11.6 Å². The van der Waals surface area contributed by atoms with Crippen LogP contribution in [0, 0.1) is 6.92 Å². The second-order valence-corrected chi connectivity index (χ2v) is 6.35. The molecular weight excluding hydrogens is 365 g/mol. The molecule has 0 unspecified atom stereocenters. The number of ether oxygens (including phenoxy) is 1. The lowest BCUT2D eigenvalue weighted by Gasteiger charge is -2.16. The highest BCUT2D eigenvalue weighted by Gasteiger charge is 2.40. The molecule has 0 radical (unpaired) electrons. The van der Waals surface area contributed by atoms with E-state index in [1.807, 2.05) is 0 Å². The Bertz CT molecular complexity index is 1100. The van der Waals surface area contributed by atoms with E-state index in [2.05, 4.69) is 4.74 Å². The molecule has 4 rings (SSSR count). The molecule has 1 aliphatic carbocycles. The van der Waals surface area contributed by atoms with Gasteiger partial charge in [0.2, 0.25) is 0 Å². The van der Waals surface area contributed by atoms with E-state index in [-0.39, 0.29) is 40.0 Å². The molecule has 0 bridgehead atoms. The van der Waals surface area contributed by atoms with Crippen LogP contribution in [-0.2, 0) is 10.9 Å². The highest BCUT2D eigenvalue weighted by atomic mass is 19.4. The van der Waals surface area contributed by atoms with Gasteiger partial charge in [-0.1, -0.05) is 0 Å². The van der Waals surface area contributed by atoms with Gasteiger partial charge in [0.05, 0.1) is 23.1 Å². The first-order valence-corrected chi connectivity index (χ1v) is 7.81. The number of ketones is 2. The van der Waals surface area contributed by atoms with Gasteiger partial charge in [-0.3, -0.25) is 9.59 Å². The van der Waals surface area contributed by atoms with Crippen molar-refractivity contribution >= 4 is 23.5 Å². The van der Waals surface area contributed by atoms with Crippen LogP contribution in [0.4, 0.5) is 13.2 Å². The molecule has 136 valence electrons. The monoisotopic (exact) mass is 374 g/mol. The summed E-state index contributed by atoms with van der Waals surface area (Å²) >= 11 is 0. The van der Waals surface area contributed by atoms with Crippen LogP contribution in [0.25, 0.3) is 11.1 Å². The minimum Gasteiger partial charge on any atom is -0.386 e. The van der Waals surface area contributed by atoms with Crippen LogP contribution in [-0.4, -0.2) is 23.5 Å². The van der Waals surface area contributed by atoms with Crippen molar-refractivity contribution in [1.82, 2.24) is 0 Å². The Kier molecular flexibility index (Phi) is 3.40. The van der Waals surface area contributed by atoms with E-state index in [1.54, 1.807) is 0 Å². The predicted octanol–water partition coefficient (Wildman–Crippen LogP) is 3.76. The Morgan fingerprint density at radius 1 is 0.741 bits per heavy atom. The van der Waals surface area contributed by atoms with Crippen molar-refractivity contribution in [3.63, 3.8) is 0 Å². The molecule has 1 heterocycles. The number of alkyl halides is 3. The Morgan fingerprint density at radius 2 is 1.26 bits per heavy atom. The molecule has 2 aliphatic rings. The molecule has 0 saturated carbocycles. The summed E-state index contributed by atoms with van der Waals surface area (Å²) in [5.41, 5.74) is -1.61. The topological polar surface area (TPSA) is 77.5 Å². The van der Waals surface area contributed by atoms with Gasteiger partial charge in [0, 0.05) is 11.1 Å². The number of cyclic esters (lactones) is 2. The number of carbonyl (C=O) groups excluding carboxylic acids is 4. The first-order valence-electron chi connectivity index (χ1n) is 7.81. The summed E-state index contributed by atoms with van der Waals surface area (Å²) in [5, 5.41) is 0. The Hall–Kier alpha value is -3.29. The fourth-order valence-corrected chi connectivity index (χ4v) is 3.38. The highest BCUT2D eigenvalue weighted by Crippen LogP contribution is 2.42. The zero-order valence-corrected chi connectivity index (χ0v) is 13.7. The Labute approximate surface area is 149 Å². The van der Waals surface area contributed by atoms with E-state index >= 15 is 0 Å². The molecule has 0 aromatic heterocycles. The van der Waals surface area contributed by atoms with Gasteiger partial charge in [-0.15, -0.1) is 0 Å². The van der Waals surface area contributed by atoms with Crippen LogP contribution in [0.15, 0.2) is 24.3 Å². The number of carbonyl (C=O) groups is 4. The molecule has 0 N–H and O–H groups in total. The summed E-state index contributed by atoms with van der Waals surface area (Å²) in [5.74, 6) is -3.03. The quantitative estimate of drug-likeness (QED) is 0.561. The number of benzene rings is 2. The lowest BCUT2D eigenvalue weighted by atomic mass is 9.89. The maximum Gasteiger partial charge on any atom is 0.417 e. The summed E-state index contributed by atoms with van der Waals surface area (Å²) in [6.45, 7) is 1.50. The first-order chi connectivity index (χ1) is 12.6. The third-order valence-electron chi connectivity index (χ3n) is 4.66. The van der Waals surface area contributed by atoms with Gasteiger partial charge in [-0.25, -0.2) is 9.59 Å². The van der Waals surface area contributed by atoms with Gasteiger partial charge in [-0.05, 0) is 47.9 Å². The standard InChI is InChI=1S/C19H9F3O5/c1-7-2-10-11(16(24)6-15(10)23)3-8(7)9-4-12-13(18(26)27-17(12)25)5-14(9)19(20,21)22/h2-5H,6H2,1H3. The predicted molar refractivity (Wildman–Crippen MR) is 84.6 cm³/mol. The van der Waals surface area contributed by atoms with Crippen LogP contribution in [0.2, 0.25) is 0 Å². The van der Waals surface area contributed by atoms with Gasteiger partial charge in [-0.2, -0.15) is 13.2 Å². The number of aryl methyl sites for hydroxylation is 1. The highest BCUT2D eigenvalue weighted by molar-refractivity contribution is 6.25. The third-order valence-corrected chi connectivity index (χ3v) is 4.66. The average molecular weight is 374 g/mol. The van der Waals surface area contributed by atoms with E-state index in [1.165, 1.54) is 19.1 Å². The zero-order valence-electron chi connectivity index (χ0n) is 13.7. The van der Waals surface area contributed by atoms with Crippen molar-refractivity contribution in [3.05, 3.63) is 57.6 Å². The number of hydrogen-bond acceptors (Lipinski definition) is 5. The average Bonchev–Trinajstić information content (AvgIpc) is 3.01. The lowest BCUT2D eigenvalue weighted by molar-refractivity contribution is -0.137. The smallest absolute Gasteiger partial charge is 0.386 e. The molecule has 1 aliphatic heterocycles. The number of halogens is 3. The van der Waals surface area contributed by atoms with Crippen LogP contribution in [0.3, 0.4) is 0 Å². The third kappa shape index (κ3) is 2.48. The molecule has 8 heteroatoms. The summed E-state index contributed by atoms with van der Waals surface area (Å²) in [7, 11) is 0. The molecule has 0 spiro atoms. The maximum absolute atomic E-state index is 13.6. The summed E-state index contributed by atoms with van der Waals surface area (Å²) in [6.07, 6.45) is -5.14. The van der Waals surface area contributed by atoms with Crippen molar-refractivity contribution in [2.24, 2.45) is 0 Å². The van der Waals surface area contributed by atoms with E-state index < -0.39 is 35.0 Å². The fraction of sp³-hybridized carbons (Fsp3) is 0.158. The van der Waals surface area contributed by atoms with Crippen LogP contribution >= 0.6 is 0 Å². The molecular formula is C19H9F3O5. The Balaban J connectivity index is 2.03. The van der Waals surface area contributed by atoms with E-state index in [9.17, 15) is 32.3 Å². The molecule has 0 atom stereocenters. The molecule has 2 aromatic rings. The van der Waals surface area contributed by atoms with Gasteiger partial charge in [0.25, 0.3) is 0 Å². The second-order valence-electron chi connectivity index (χ2n) is 6.35. The van der Waals surface area contributed by atoms with Gasteiger partial charge in [0.15, 0.2) is 11.6 Å². The number of Topliss-reactive ketones (excluding diaryl/α,β-unsaturated/α-hetero) is 2. The second kappa shape index (κ2) is 5.35. The minimum absolute atomic E-state index is 0.0490. The lowest BCUT2D eigenvalue weighted by Crippen LogP contribution is -2.10. The van der Waals surface area contributed by atoms with E-state index in [0.717, 1.165) is 6.07 Å². The molecule has 0 amide bonds. The zero-order chi connectivity index (χ0) is 19.7. The molecule has 27 heavy (non-hydrogen) atoms. The maximum atomic E-state index is 13.6. The number of fused-ring (bicyclic) bond motifs is 2. The van der Waals surface area contributed by atoms with Gasteiger partial charge >= 0.3 is 18.1 Å². The van der Waals surface area contributed by atoms with Crippen LogP contribution < -0.4 is 0 Å². The van der Waals surface area contributed by atoms with Crippen LogP contribution in [0.1, 0.15) is 59.0 Å². The van der Waals surface area contributed by atoms with Gasteiger partial charge in [0.1, 0.15) is 0 Å². The summed E-state index contributed by atoms with van der Waals surface area (Å²) < 4.78 is 45.2. The van der Waals surface area contributed by atoms with Crippen LogP contribution in [0.5, 0.6) is 0 Å². The van der Waals surface area contributed by atoms with Crippen molar-refractivity contribution < 1.29 is 37.1 Å². The van der Waals surface area contributed by atoms with Gasteiger partial charge < -0.3 is 4.74 Å². The number of esters is 2. The van der Waals surface area contributed by atoms with Crippen molar-refractivity contribution in [3.8, 4) is 11.1 Å². The van der Waals surface area contributed by atoms with E-state index in [4.69, 9.17) is 0 Å².